The highest BCUT2D eigenvalue weighted by Crippen LogP contribution is 2.18. The van der Waals surface area contributed by atoms with Crippen LogP contribution in [0.2, 0.25) is 5.02 Å². The zero-order chi connectivity index (χ0) is 23.1. The largest absolute Gasteiger partial charge is 0.454 e. The molecule has 5 aromatic rings. The van der Waals surface area contributed by atoms with Crippen molar-refractivity contribution in [2.45, 2.75) is 20.1 Å². The van der Waals surface area contributed by atoms with Crippen molar-refractivity contribution in [1.29, 1.82) is 0 Å². The van der Waals surface area contributed by atoms with Crippen LogP contribution in [-0.4, -0.2) is 34.9 Å². The SMILES string of the molecule is Cc1ccc2c(c1)c(=O)n(C)c1nnc(COC(=O)c3cnn(Cc4ccccc4Cl)c3)n21. The van der Waals surface area contributed by atoms with Gasteiger partial charge in [-0.15, -0.1) is 10.2 Å². The summed E-state index contributed by atoms with van der Waals surface area (Å²) in [4.78, 5) is 25.3. The standard InChI is InChI=1S/C23H19ClN6O3/c1-14-7-8-19-17(9-14)21(31)28(2)23-27-26-20(30(19)23)13-33-22(32)16-10-25-29(12-16)11-15-5-3-4-6-18(15)24/h3-10,12H,11,13H2,1-2H3. The predicted octanol–water partition coefficient (Wildman–Crippen LogP) is 3.14. The number of carbonyl (C=O) groups is 1. The zero-order valence-electron chi connectivity index (χ0n) is 17.9. The van der Waals surface area contributed by atoms with Crippen molar-refractivity contribution in [1.82, 2.24) is 28.9 Å². The van der Waals surface area contributed by atoms with Gasteiger partial charge in [0.2, 0.25) is 5.78 Å². The van der Waals surface area contributed by atoms with E-state index in [1.54, 1.807) is 28.4 Å². The molecule has 0 aliphatic carbocycles. The Balaban J connectivity index is 1.39. The number of hydrogen-bond donors (Lipinski definition) is 0. The molecule has 0 saturated carbocycles. The second-order valence-electron chi connectivity index (χ2n) is 7.73. The first-order valence-corrected chi connectivity index (χ1v) is 10.6. The molecule has 0 bridgehead atoms. The van der Waals surface area contributed by atoms with E-state index in [1.165, 1.54) is 10.8 Å². The molecule has 0 aliphatic rings. The van der Waals surface area contributed by atoms with Gasteiger partial charge in [0.05, 0.1) is 29.2 Å². The summed E-state index contributed by atoms with van der Waals surface area (Å²) in [5.74, 6) is 0.239. The van der Waals surface area contributed by atoms with Crippen LogP contribution < -0.4 is 5.56 Å². The lowest BCUT2D eigenvalue weighted by Gasteiger charge is -2.09. The van der Waals surface area contributed by atoms with Crippen LogP contribution >= 0.6 is 11.6 Å². The predicted molar refractivity (Wildman–Crippen MR) is 122 cm³/mol. The van der Waals surface area contributed by atoms with Crippen LogP contribution in [0.3, 0.4) is 0 Å². The molecule has 166 valence electrons. The smallest absolute Gasteiger partial charge is 0.341 e. The monoisotopic (exact) mass is 462 g/mol. The van der Waals surface area contributed by atoms with E-state index in [2.05, 4.69) is 15.3 Å². The maximum absolute atomic E-state index is 12.7. The van der Waals surface area contributed by atoms with Gasteiger partial charge in [0.15, 0.2) is 12.4 Å². The molecule has 0 saturated heterocycles. The van der Waals surface area contributed by atoms with Gasteiger partial charge in [0.1, 0.15) is 0 Å². The third-order valence-corrected chi connectivity index (χ3v) is 5.80. The molecule has 0 spiro atoms. The first kappa shape index (κ1) is 20.9. The van der Waals surface area contributed by atoms with Crippen LogP contribution in [0, 0.1) is 6.92 Å². The van der Waals surface area contributed by atoms with Gasteiger partial charge in [0, 0.05) is 18.3 Å². The third kappa shape index (κ3) is 3.76. The third-order valence-electron chi connectivity index (χ3n) is 5.43. The van der Waals surface area contributed by atoms with Crippen LogP contribution in [0.5, 0.6) is 0 Å². The van der Waals surface area contributed by atoms with Crippen molar-refractivity contribution in [2.75, 3.05) is 0 Å². The fourth-order valence-electron chi connectivity index (χ4n) is 3.72. The second-order valence-corrected chi connectivity index (χ2v) is 8.14. The summed E-state index contributed by atoms with van der Waals surface area (Å²) in [6.07, 6.45) is 3.05. The van der Waals surface area contributed by atoms with Crippen molar-refractivity contribution in [2.24, 2.45) is 7.05 Å². The van der Waals surface area contributed by atoms with E-state index in [-0.39, 0.29) is 12.2 Å². The average molecular weight is 463 g/mol. The van der Waals surface area contributed by atoms with Gasteiger partial charge in [-0.2, -0.15) is 5.10 Å². The van der Waals surface area contributed by atoms with Crippen molar-refractivity contribution < 1.29 is 9.53 Å². The first-order valence-electron chi connectivity index (χ1n) is 10.2. The Morgan fingerprint density at radius 2 is 1.97 bits per heavy atom. The summed E-state index contributed by atoms with van der Waals surface area (Å²) in [6.45, 7) is 2.24. The number of hydrogen-bond acceptors (Lipinski definition) is 6. The molecule has 0 radical (unpaired) electrons. The molecule has 0 fully saturated rings. The number of fused-ring (bicyclic) bond motifs is 3. The molecule has 0 atom stereocenters. The van der Waals surface area contributed by atoms with Crippen LogP contribution in [0.1, 0.15) is 27.3 Å². The highest BCUT2D eigenvalue weighted by molar-refractivity contribution is 6.31. The number of benzene rings is 2. The molecule has 3 aromatic heterocycles. The summed E-state index contributed by atoms with van der Waals surface area (Å²) in [5.41, 5.74) is 2.66. The van der Waals surface area contributed by atoms with Crippen LogP contribution in [0.25, 0.3) is 16.7 Å². The fraction of sp³-hybridized carbons (Fsp3) is 0.174. The van der Waals surface area contributed by atoms with Crippen molar-refractivity contribution in [3.8, 4) is 0 Å². The van der Waals surface area contributed by atoms with Crippen molar-refractivity contribution >= 4 is 34.3 Å². The number of nitrogens with zero attached hydrogens (tertiary/aromatic N) is 6. The van der Waals surface area contributed by atoms with Crippen molar-refractivity contribution in [3.63, 3.8) is 0 Å². The minimum atomic E-state index is -0.540. The molecule has 0 amide bonds. The summed E-state index contributed by atoms with van der Waals surface area (Å²) in [6, 6.07) is 13.0. The van der Waals surface area contributed by atoms with Crippen LogP contribution in [0.4, 0.5) is 0 Å². The number of esters is 1. The molecule has 3 heterocycles. The molecule has 0 unspecified atom stereocenters. The number of ether oxygens (including phenoxy) is 1. The maximum Gasteiger partial charge on any atom is 0.341 e. The van der Waals surface area contributed by atoms with Gasteiger partial charge in [-0.05, 0) is 30.7 Å². The number of rotatable bonds is 5. The van der Waals surface area contributed by atoms with Gasteiger partial charge >= 0.3 is 5.97 Å². The molecule has 9 nitrogen and oxygen atoms in total. The second kappa shape index (κ2) is 8.18. The number of aryl methyl sites for hydroxylation is 2. The van der Waals surface area contributed by atoms with Gasteiger partial charge in [-0.1, -0.05) is 41.4 Å². The Morgan fingerprint density at radius 1 is 1.15 bits per heavy atom. The summed E-state index contributed by atoms with van der Waals surface area (Å²) in [7, 11) is 1.64. The van der Waals surface area contributed by atoms with Gasteiger partial charge < -0.3 is 4.74 Å². The van der Waals surface area contributed by atoms with Crippen molar-refractivity contribution in [3.05, 3.63) is 92.7 Å². The molecular formula is C23H19ClN6O3. The van der Waals surface area contributed by atoms with E-state index in [0.717, 1.165) is 11.1 Å². The van der Waals surface area contributed by atoms with E-state index in [9.17, 15) is 9.59 Å². The highest BCUT2D eigenvalue weighted by atomic mass is 35.5. The topological polar surface area (TPSA) is 96.3 Å². The number of halogens is 1. The minimum Gasteiger partial charge on any atom is -0.454 e. The molecule has 0 N–H and O–H groups in total. The van der Waals surface area contributed by atoms with Crippen LogP contribution in [0.15, 0.2) is 59.7 Å². The lowest BCUT2D eigenvalue weighted by Crippen LogP contribution is -2.20. The average Bonchev–Trinajstić information content (AvgIpc) is 3.45. The van der Waals surface area contributed by atoms with E-state index >= 15 is 0 Å². The molecule has 2 aromatic carbocycles. The molecule has 10 heteroatoms. The van der Waals surface area contributed by atoms with E-state index in [0.29, 0.717) is 39.6 Å². The molecule has 33 heavy (non-hydrogen) atoms. The Morgan fingerprint density at radius 3 is 2.79 bits per heavy atom. The molecule has 0 aliphatic heterocycles. The Hall–Kier alpha value is -3.98. The van der Waals surface area contributed by atoms with Crippen LogP contribution in [-0.2, 0) is 24.9 Å². The first-order chi connectivity index (χ1) is 15.9. The summed E-state index contributed by atoms with van der Waals surface area (Å²) in [5, 5.41) is 13.7. The molecular weight excluding hydrogens is 444 g/mol. The quantitative estimate of drug-likeness (QED) is 0.372. The Bertz CT molecular complexity index is 1580. The zero-order valence-corrected chi connectivity index (χ0v) is 18.7. The lowest BCUT2D eigenvalue weighted by atomic mass is 10.1. The lowest BCUT2D eigenvalue weighted by molar-refractivity contribution is 0.0461. The molecule has 5 rings (SSSR count). The highest BCUT2D eigenvalue weighted by Gasteiger charge is 2.17. The number of carbonyl (C=O) groups excluding carboxylic acids is 1. The number of aromatic nitrogens is 6. The van der Waals surface area contributed by atoms with E-state index < -0.39 is 5.97 Å². The van der Waals surface area contributed by atoms with Gasteiger partial charge in [0.25, 0.3) is 5.56 Å². The minimum absolute atomic E-state index is 0.114. The normalized spacial score (nSPS) is 11.4. The van der Waals surface area contributed by atoms with E-state index in [4.69, 9.17) is 16.3 Å². The summed E-state index contributed by atoms with van der Waals surface area (Å²) >= 11 is 6.20. The summed E-state index contributed by atoms with van der Waals surface area (Å²) < 4.78 is 10.3. The van der Waals surface area contributed by atoms with Gasteiger partial charge in [-0.25, -0.2) is 4.79 Å². The van der Waals surface area contributed by atoms with E-state index in [1.807, 2.05) is 43.3 Å². The Kier molecular flexibility index (Phi) is 5.18. The van der Waals surface area contributed by atoms with Gasteiger partial charge in [-0.3, -0.25) is 18.4 Å². The Labute approximate surface area is 192 Å². The maximum atomic E-state index is 12.7. The fourth-order valence-corrected chi connectivity index (χ4v) is 3.92.